The first-order chi connectivity index (χ1) is 10.2. The van der Waals surface area contributed by atoms with Gasteiger partial charge < -0.3 is 5.11 Å². The molecule has 0 atom stereocenters. The predicted molar refractivity (Wildman–Crippen MR) is 84.2 cm³/mol. The maximum absolute atomic E-state index is 11.5. The Morgan fingerprint density at radius 1 is 1.10 bits per heavy atom. The number of hydrogen-bond donors (Lipinski definition) is 1. The van der Waals surface area contributed by atoms with Crippen molar-refractivity contribution in [3.63, 3.8) is 0 Å². The van der Waals surface area contributed by atoms with Crippen LogP contribution in [0.4, 0.5) is 0 Å². The molecule has 0 fully saturated rings. The Balaban J connectivity index is 2.34. The van der Waals surface area contributed by atoms with Crippen LogP contribution in [0.15, 0.2) is 61.2 Å². The zero-order valence-electron chi connectivity index (χ0n) is 11.3. The summed E-state index contributed by atoms with van der Waals surface area (Å²) >= 11 is 0. The minimum atomic E-state index is -0.953. The number of carboxylic acids is 1. The minimum absolute atomic E-state index is 0.259. The van der Waals surface area contributed by atoms with Gasteiger partial charge in [0.2, 0.25) is 0 Å². The van der Waals surface area contributed by atoms with Crippen molar-refractivity contribution in [3.8, 4) is 11.3 Å². The SMILES string of the molecule is C=Cc1ccccc1-c1cc(C(=O)O)c2ccccc2n1. The average Bonchev–Trinajstić information content (AvgIpc) is 2.53. The first kappa shape index (κ1) is 13.1. The lowest BCUT2D eigenvalue weighted by Crippen LogP contribution is -2.00. The molecule has 3 heteroatoms. The smallest absolute Gasteiger partial charge is 0.336 e. The molecule has 3 nitrogen and oxygen atoms in total. The van der Waals surface area contributed by atoms with Crippen molar-refractivity contribution in [3.05, 3.63) is 72.3 Å². The Hall–Kier alpha value is -2.94. The van der Waals surface area contributed by atoms with E-state index in [1.54, 1.807) is 18.2 Å². The van der Waals surface area contributed by atoms with E-state index in [2.05, 4.69) is 11.6 Å². The molecule has 0 aliphatic rings. The summed E-state index contributed by atoms with van der Waals surface area (Å²) in [7, 11) is 0. The monoisotopic (exact) mass is 275 g/mol. The molecule has 102 valence electrons. The van der Waals surface area contributed by atoms with Gasteiger partial charge in [-0.25, -0.2) is 9.78 Å². The summed E-state index contributed by atoms with van der Waals surface area (Å²) in [5.74, 6) is -0.953. The number of hydrogen-bond acceptors (Lipinski definition) is 2. The van der Waals surface area contributed by atoms with Crippen LogP contribution in [0, 0.1) is 0 Å². The maximum Gasteiger partial charge on any atom is 0.336 e. The molecule has 0 aliphatic heterocycles. The number of para-hydroxylation sites is 1. The van der Waals surface area contributed by atoms with Crippen LogP contribution in [0.5, 0.6) is 0 Å². The van der Waals surface area contributed by atoms with Crippen molar-refractivity contribution in [2.24, 2.45) is 0 Å². The molecule has 0 aliphatic carbocycles. The average molecular weight is 275 g/mol. The van der Waals surface area contributed by atoms with E-state index in [9.17, 15) is 9.90 Å². The zero-order chi connectivity index (χ0) is 14.8. The van der Waals surface area contributed by atoms with Gasteiger partial charge in [-0.15, -0.1) is 0 Å². The fourth-order valence-corrected chi connectivity index (χ4v) is 2.40. The topological polar surface area (TPSA) is 50.2 Å². The molecule has 0 saturated carbocycles. The minimum Gasteiger partial charge on any atom is -0.478 e. The van der Waals surface area contributed by atoms with E-state index in [1.165, 1.54) is 0 Å². The predicted octanol–water partition coefficient (Wildman–Crippen LogP) is 4.24. The van der Waals surface area contributed by atoms with E-state index in [-0.39, 0.29) is 5.56 Å². The summed E-state index contributed by atoms with van der Waals surface area (Å²) in [6.07, 6.45) is 1.74. The highest BCUT2D eigenvalue weighted by Crippen LogP contribution is 2.27. The molecule has 3 aromatic rings. The second kappa shape index (κ2) is 5.21. The third kappa shape index (κ3) is 2.30. The number of nitrogens with zero attached hydrogens (tertiary/aromatic N) is 1. The maximum atomic E-state index is 11.5. The van der Waals surface area contributed by atoms with Gasteiger partial charge in [0.05, 0.1) is 16.8 Å². The van der Waals surface area contributed by atoms with Crippen molar-refractivity contribution in [1.29, 1.82) is 0 Å². The Morgan fingerprint density at radius 2 is 1.81 bits per heavy atom. The molecular weight excluding hydrogens is 262 g/mol. The molecule has 2 aromatic carbocycles. The molecule has 1 aromatic heterocycles. The number of benzene rings is 2. The summed E-state index contributed by atoms with van der Waals surface area (Å²) < 4.78 is 0. The van der Waals surface area contributed by atoms with E-state index in [1.807, 2.05) is 42.5 Å². The van der Waals surface area contributed by atoms with Crippen LogP contribution in [0.2, 0.25) is 0 Å². The molecule has 0 unspecified atom stereocenters. The van der Waals surface area contributed by atoms with Gasteiger partial charge in [0, 0.05) is 10.9 Å². The lowest BCUT2D eigenvalue weighted by molar-refractivity contribution is 0.0699. The van der Waals surface area contributed by atoms with E-state index in [4.69, 9.17) is 0 Å². The van der Waals surface area contributed by atoms with Gasteiger partial charge in [-0.2, -0.15) is 0 Å². The highest BCUT2D eigenvalue weighted by molar-refractivity contribution is 6.03. The number of aromatic carboxylic acids is 1. The largest absolute Gasteiger partial charge is 0.478 e. The first-order valence-electron chi connectivity index (χ1n) is 6.55. The molecule has 0 bridgehead atoms. The van der Waals surface area contributed by atoms with Gasteiger partial charge in [-0.3, -0.25) is 0 Å². The van der Waals surface area contributed by atoms with E-state index in [0.717, 1.165) is 11.1 Å². The summed E-state index contributed by atoms with van der Waals surface area (Å²) in [6, 6.07) is 16.5. The summed E-state index contributed by atoms with van der Waals surface area (Å²) in [5.41, 5.74) is 3.37. The quantitative estimate of drug-likeness (QED) is 0.777. The van der Waals surface area contributed by atoms with Crippen LogP contribution in [0.1, 0.15) is 15.9 Å². The number of fused-ring (bicyclic) bond motifs is 1. The van der Waals surface area contributed by atoms with Crippen LogP contribution in [0.3, 0.4) is 0 Å². The number of pyridine rings is 1. The van der Waals surface area contributed by atoms with Gasteiger partial charge in [0.15, 0.2) is 0 Å². The Bertz CT molecular complexity index is 853. The van der Waals surface area contributed by atoms with E-state index < -0.39 is 5.97 Å². The van der Waals surface area contributed by atoms with E-state index in [0.29, 0.717) is 16.6 Å². The lowest BCUT2D eigenvalue weighted by Gasteiger charge is -2.09. The van der Waals surface area contributed by atoms with Crippen LogP contribution < -0.4 is 0 Å². The second-order valence-electron chi connectivity index (χ2n) is 4.67. The van der Waals surface area contributed by atoms with Crippen LogP contribution >= 0.6 is 0 Å². The lowest BCUT2D eigenvalue weighted by atomic mass is 10.0. The van der Waals surface area contributed by atoms with Crippen molar-refractivity contribution >= 4 is 22.9 Å². The van der Waals surface area contributed by atoms with Crippen molar-refractivity contribution in [2.75, 3.05) is 0 Å². The summed E-state index contributed by atoms with van der Waals surface area (Å²) in [4.78, 5) is 16.1. The molecule has 1 heterocycles. The zero-order valence-corrected chi connectivity index (χ0v) is 11.3. The molecule has 21 heavy (non-hydrogen) atoms. The van der Waals surface area contributed by atoms with Crippen molar-refractivity contribution in [1.82, 2.24) is 4.98 Å². The summed E-state index contributed by atoms with van der Waals surface area (Å²) in [5, 5.41) is 10.1. The standard InChI is InChI=1S/C18H13NO2/c1-2-12-7-3-4-8-13(12)17-11-15(18(20)21)14-9-5-6-10-16(14)19-17/h2-11H,1H2,(H,20,21). The number of rotatable bonds is 3. The summed E-state index contributed by atoms with van der Waals surface area (Å²) in [6.45, 7) is 3.79. The van der Waals surface area contributed by atoms with E-state index >= 15 is 0 Å². The molecule has 0 radical (unpaired) electrons. The Morgan fingerprint density at radius 3 is 2.57 bits per heavy atom. The molecule has 0 amide bonds. The molecule has 0 spiro atoms. The first-order valence-corrected chi connectivity index (χ1v) is 6.55. The molecular formula is C18H13NO2. The van der Waals surface area contributed by atoms with Crippen molar-refractivity contribution in [2.45, 2.75) is 0 Å². The number of carboxylic acid groups (broad SMARTS) is 1. The molecule has 3 rings (SSSR count). The third-order valence-corrected chi connectivity index (χ3v) is 3.40. The third-order valence-electron chi connectivity index (χ3n) is 3.40. The second-order valence-corrected chi connectivity index (χ2v) is 4.67. The van der Waals surface area contributed by atoms with Gasteiger partial charge in [-0.1, -0.05) is 55.1 Å². The fraction of sp³-hybridized carbons (Fsp3) is 0. The highest BCUT2D eigenvalue weighted by Gasteiger charge is 2.13. The number of aromatic nitrogens is 1. The van der Waals surface area contributed by atoms with Gasteiger partial charge >= 0.3 is 5.97 Å². The normalized spacial score (nSPS) is 10.5. The van der Waals surface area contributed by atoms with Crippen LogP contribution in [0.25, 0.3) is 28.2 Å². The van der Waals surface area contributed by atoms with Crippen molar-refractivity contribution < 1.29 is 9.90 Å². The molecule has 1 N–H and O–H groups in total. The molecule has 0 saturated heterocycles. The Kier molecular flexibility index (Phi) is 3.24. The van der Waals surface area contributed by atoms with Gasteiger partial charge in [0.1, 0.15) is 0 Å². The van der Waals surface area contributed by atoms with Crippen LogP contribution in [-0.4, -0.2) is 16.1 Å². The number of carbonyl (C=O) groups is 1. The van der Waals surface area contributed by atoms with Gasteiger partial charge in [-0.05, 0) is 17.7 Å². The van der Waals surface area contributed by atoms with Crippen LogP contribution in [-0.2, 0) is 0 Å². The highest BCUT2D eigenvalue weighted by atomic mass is 16.4. The fourth-order valence-electron chi connectivity index (χ4n) is 2.40. The Labute approximate surface area is 122 Å². The van der Waals surface area contributed by atoms with Gasteiger partial charge in [0.25, 0.3) is 0 Å².